The quantitative estimate of drug-likeness (QED) is 0.717. The van der Waals surface area contributed by atoms with Crippen LogP contribution in [0, 0.1) is 0 Å². The van der Waals surface area contributed by atoms with E-state index < -0.39 is 6.10 Å². The van der Waals surface area contributed by atoms with Gasteiger partial charge in [0, 0.05) is 0 Å². The maximum Gasteiger partial charge on any atom is 0.249 e. The Balaban J connectivity index is 1.99. The molecule has 2 aliphatic rings. The minimum atomic E-state index is -0.518. The lowest BCUT2D eigenvalue weighted by molar-refractivity contribution is -0.204. The summed E-state index contributed by atoms with van der Waals surface area (Å²) in [5.41, 5.74) is -0.216. The van der Waals surface area contributed by atoms with Crippen LogP contribution in [0.5, 0.6) is 0 Å². The van der Waals surface area contributed by atoms with Crippen molar-refractivity contribution >= 4 is 5.91 Å². The maximum absolute atomic E-state index is 11.6. The molecule has 0 aromatic carbocycles. The molecule has 1 amide bonds. The molecule has 1 unspecified atom stereocenters. The monoisotopic (exact) mass is 199 g/mol. The third kappa shape index (κ3) is 1.77. The highest BCUT2D eigenvalue weighted by atomic mass is 16.7. The van der Waals surface area contributed by atoms with E-state index in [-0.39, 0.29) is 11.5 Å². The van der Waals surface area contributed by atoms with Gasteiger partial charge in [-0.1, -0.05) is 12.8 Å². The molecule has 0 aromatic heterocycles. The van der Waals surface area contributed by atoms with Crippen molar-refractivity contribution in [2.75, 3.05) is 6.54 Å². The van der Waals surface area contributed by atoms with Crippen LogP contribution in [0.2, 0.25) is 0 Å². The Morgan fingerprint density at radius 2 is 2.21 bits per heavy atom. The fourth-order valence-electron chi connectivity index (χ4n) is 2.35. The van der Waals surface area contributed by atoms with E-state index in [1.165, 1.54) is 5.06 Å². The molecule has 4 nitrogen and oxygen atoms in total. The Morgan fingerprint density at radius 3 is 2.79 bits per heavy atom. The van der Waals surface area contributed by atoms with E-state index in [4.69, 9.17) is 4.84 Å². The van der Waals surface area contributed by atoms with E-state index in [2.05, 4.69) is 0 Å². The van der Waals surface area contributed by atoms with E-state index in [0.29, 0.717) is 13.0 Å². The average molecular weight is 199 g/mol. The average Bonchev–Trinajstić information content (AvgIpc) is 2.61. The van der Waals surface area contributed by atoms with Gasteiger partial charge in [0.15, 0.2) is 0 Å². The summed E-state index contributed by atoms with van der Waals surface area (Å²) in [6.45, 7) is 1.96. The summed E-state index contributed by atoms with van der Waals surface area (Å²) in [6.07, 6.45) is 4.24. The lowest BCUT2D eigenvalue weighted by Crippen LogP contribution is -2.33. The molecule has 1 spiro atoms. The molecule has 0 radical (unpaired) electrons. The van der Waals surface area contributed by atoms with Gasteiger partial charge in [-0.2, -0.15) is 0 Å². The molecular formula is C10H17NO3. The first-order valence-corrected chi connectivity index (χ1v) is 5.29. The highest BCUT2D eigenvalue weighted by Crippen LogP contribution is 2.41. The molecule has 1 N–H and O–H groups in total. The normalized spacial score (nSPS) is 27.6. The Labute approximate surface area is 83.8 Å². The van der Waals surface area contributed by atoms with E-state index >= 15 is 0 Å². The van der Waals surface area contributed by atoms with Crippen molar-refractivity contribution in [2.45, 2.75) is 50.7 Å². The van der Waals surface area contributed by atoms with Crippen molar-refractivity contribution in [3.63, 3.8) is 0 Å². The number of hydroxylamine groups is 2. The van der Waals surface area contributed by atoms with Crippen molar-refractivity contribution in [3.8, 4) is 0 Å². The summed E-state index contributed by atoms with van der Waals surface area (Å²) in [5, 5.41) is 10.5. The molecule has 0 bridgehead atoms. The highest BCUT2D eigenvalue weighted by Gasteiger charge is 2.46. The van der Waals surface area contributed by atoms with Gasteiger partial charge in [0.2, 0.25) is 5.91 Å². The molecule has 2 fully saturated rings. The topological polar surface area (TPSA) is 49.8 Å². The lowest BCUT2D eigenvalue weighted by atomic mass is 9.99. The van der Waals surface area contributed by atoms with Crippen molar-refractivity contribution < 1.29 is 14.7 Å². The molecule has 1 aliphatic carbocycles. The van der Waals surface area contributed by atoms with Gasteiger partial charge in [0.25, 0.3) is 0 Å². The molecule has 1 aliphatic heterocycles. The first-order chi connectivity index (χ1) is 6.61. The summed E-state index contributed by atoms with van der Waals surface area (Å²) in [7, 11) is 0. The SMILES string of the molecule is CC(O)CN1OC2(CCCC2)CC1=O. The first kappa shape index (κ1) is 9.93. The molecule has 1 saturated carbocycles. The summed E-state index contributed by atoms with van der Waals surface area (Å²) in [6, 6.07) is 0. The van der Waals surface area contributed by atoms with Crippen molar-refractivity contribution in [1.82, 2.24) is 5.06 Å². The highest BCUT2D eigenvalue weighted by molar-refractivity contribution is 5.78. The van der Waals surface area contributed by atoms with Crippen molar-refractivity contribution in [1.29, 1.82) is 0 Å². The third-order valence-corrected chi connectivity index (χ3v) is 3.00. The minimum Gasteiger partial charge on any atom is -0.391 e. The number of rotatable bonds is 2. The fraction of sp³-hybridized carbons (Fsp3) is 0.900. The second-order valence-electron chi connectivity index (χ2n) is 4.46. The zero-order chi connectivity index (χ0) is 10.2. The van der Waals surface area contributed by atoms with Crippen LogP contribution >= 0.6 is 0 Å². The third-order valence-electron chi connectivity index (χ3n) is 3.00. The number of aliphatic hydroxyl groups is 1. The second-order valence-corrected chi connectivity index (χ2v) is 4.46. The number of carbonyl (C=O) groups is 1. The lowest BCUT2D eigenvalue weighted by Gasteiger charge is -2.23. The zero-order valence-corrected chi connectivity index (χ0v) is 8.53. The molecule has 1 saturated heterocycles. The number of nitrogens with zero attached hydrogens (tertiary/aromatic N) is 1. The first-order valence-electron chi connectivity index (χ1n) is 5.29. The molecular weight excluding hydrogens is 182 g/mol. The summed E-state index contributed by atoms with van der Waals surface area (Å²) in [4.78, 5) is 17.2. The fourth-order valence-corrected chi connectivity index (χ4v) is 2.35. The smallest absolute Gasteiger partial charge is 0.249 e. The van der Waals surface area contributed by atoms with E-state index in [1.54, 1.807) is 6.92 Å². The number of carbonyl (C=O) groups excluding carboxylic acids is 1. The van der Waals surface area contributed by atoms with Gasteiger partial charge in [0.1, 0.15) is 5.60 Å². The van der Waals surface area contributed by atoms with Gasteiger partial charge in [-0.25, -0.2) is 5.06 Å². The number of aliphatic hydroxyl groups excluding tert-OH is 1. The molecule has 4 heteroatoms. The summed E-state index contributed by atoms with van der Waals surface area (Å²) >= 11 is 0. The van der Waals surface area contributed by atoms with Gasteiger partial charge in [-0.15, -0.1) is 0 Å². The number of β-amino-alcohol motifs (C(OH)–C–C–N with tert-alkyl or cyclic N) is 1. The summed E-state index contributed by atoms with van der Waals surface area (Å²) < 4.78 is 0. The molecule has 2 rings (SSSR count). The van der Waals surface area contributed by atoms with Crippen LogP contribution in [-0.4, -0.2) is 34.3 Å². The second kappa shape index (κ2) is 3.51. The predicted molar refractivity (Wildman–Crippen MR) is 50.3 cm³/mol. The Kier molecular flexibility index (Phi) is 2.49. The van der Waals surface area contributed by atoms with Crippen LogP contribution in [0.4, 0.5) is 0 Å². The van der Waals surface area contributed by atoms with Crippen LogP contribution in [0.15, 0.2) is 0 Å². The summed E-state index contributed by atoms with van der Waals surface area (Å²) in [5.74, 6) is 0.0211. The maximum atomic E-state index is 11.6. The molecule has 0 aromatic rings. The van der Waals surface area contributed by atoms with Crippen LogP contribution in [0.1, 0.15) is 39.0 Å². The van der Waals surface area contributed by atoms with Gasteiger partial charge in [-0.05, 0) is 19.8 Å². The van der Waals surface area contributed by atoms with E-state index in [9.17, 15) is 9.90 Å². The molecule has 80 valence electrons. The van der Waals surface area contributed by atoms with Crippen molar-refractivity contribution in [3.05, 3.63) is 0 Å². The van der Waals surface area contributed by atoms with E-state index in [0.717, 1.165) is 25.7 Å². The standard InChI is InChI=1S/C10H17NO3/c1-8(12)7-11-9(13)6-10(14-11)4-2-3-5-10/h8,12H,2-7H2,1H3. The Morgan fingerprint density at radius 1 is 1.57 bits per heavy atom. The largest absolute Gasteiger partial charge is 0.391 e. The number of amides is 1. The van der Waals surface area contributed by atoms with Gasteiger partial charge < -0.3 is 5.11 Å². The van der Waals surface area contributed by atoms with Crippen LogP contribution in [0.25, 0.3) is 0 Å². The van der Waals surface area contributed by atoms with Crippen molar-refractivity contribution in [2.24, 2.45) is 0 Å². The Bertz CT molecular complexity index is 234. The molecule has 1 heterocycles. The van der Waals surface area contributed by atoms with Gasteiger partial charge in [0.05, 0.1) is 19.1 Å². The predicted octanol–water partition coefficient (Wildman–Crippen LogP) is 0.844. The molecule has 14 heavy (non-hydrogen) atoms. The zero-order valence-electron chi connectivity index (χ0n) is 8.53. The van der Waals surface area contributed by atoms with Gasteiger partial charge in [-0.3, -0.25) is 9.63 Å². The number of hydrogen-bond donors (Lipinski definition) is 1. The van der Waals surface area contributed by atoms with E-state index in [1.807, 2.05) is 0 Å². The Hall–Kier alpha value is -0.610. The molecule has 1 atom stereocenters. The van der Waals surface area contributed by atoms with Crippen LogP contribution < -0.4 is 0 Å². The van der Waals surface area contributed by atoms with Crippen LogP contribution in [-0.2, 0) is 9.63 Å². The van der Waals surface area contributed by atoms with Crippen LogP contribution in [0.3, 0.4) is 0 Å². The van der Waals surface area contributed by atoms with Gasteiger partial charge >= 0.3 is 0 Å². The number of hydrogen-bond acceptors (Lipinski definition) is 3. The minimum absolute atomic E-state index is 0.0211.